The lowest BCUT2D eigenvalue weighted by Gasteiger charge is -2.08. The lowest BCUT2D eigenvalue weighted by molar-refractivity contribution is 0.252. The number of hydrogen-bond donors (Lipinski definition) is 2. The average Bonchev–Trinajstić information content (AvgIpc) is 2.88. The van der Waals surface area contributed by atoms with E-state index in [1.807, 2.05) is 6.92 Å². The minimum atomic E-state index is -0.451. The minimum absolute atomic E-state index is 0.451. The number of rotatable bonds is 3. The molecule has 1 heterocycles. The highest BCUT2D eigenvalue weighted by molar-refractivity contribution is 6.31. The summed E-state index contributed by atoms with van der Waals surface area (Å²) in [6, 6.07) is 8.29. The van der Waals surface area contributed by atoms with Gasteiger partial charge >= 0.3 is 6.03 Å². The molecule has 0 aliphatic rings. The zero-order valence-electron chi connectivity index (χ0n) is 10.2. The Kier molecular flexibility index (Phi) is 4.20. The van der Waals surface area contributed by atoms with Crippen molar-refractivity contribution in [1.82, 2.24) is 5.43 Å². The number of carbonyl (C=O) groups is 1. The van der Waals surface area contributed by atoms with Crippen molar-refractivity contribution in [2.45, 2.75) is 6.92 Å². The summed E-state index contributed by atoms with van der Waals surface area (Å²) < 4.78 is 5.03. The van der Waals surface area contributed by atoms with Crippen molar-refractivity contribution in [3.63, 3.8) is 0 Å². The molecule has 2 amide bonds. The molecule has 0 spiro atoms. The largest absolute Gasteiger partial charge is 0.463 e. The van der Waals surface area contributed by atoms with E-state index in [4.69, 9.17) is 16.0 Å². The second-order valence-electron chi connectivity index (χ2n) is 3.75. The first-order valence-corrected chi connectivity index (χ1v) is 5.93. The molecule has 98 valence electrons. The third-order valence-electron chi connectivity index (χ3n) is 2.42. The SMILES string of the molecule is Cc1c(Cl)cccc1NC(=O)N/N=C/c1ccco1. The first-order valence-electron chi connectivity index (χ1n) is 5.55. The molecule has 5 nitrogen and oxygen atoms in total. The molecule has 0 unspecified atom stereocenters. The van der Waals surface area contributed by atoms with Crippen LogP contribution >= 0.6 is 11.6 Å². The third-order valence-corrected chi connectivity index (χ3v) is 2.83. The summed E-state index contributed by atoms with van der Waals surface area (Å²) in [6.45, 7) is 1.82. The number of nitrogens with one attached hydrogen (secondary N) is 2. The Balaban J connectivity index is 1.93. The fourth-order valence-corrected chi connectivity index (χ4v) is 1.59. The zero-order valence-corrected chi connectivity index (χ0v) is 10.9. The predicted molar refractivity (Wildman–Crippen MR) is 74.6 cm³/mol. The number of carbonyl (C=O) groups excluding carboxylic acids is 1. The van der Waals surface area contributed by atoms with Gasteiger partial charge < -0.3 is 9.73 Å². The van der Waals surface area contributed by atoms with Crippen LogP contribution in [-0.2, 0) is 0 Å². The van der Waals surface area contributed by atoms with Gasteiger partial charge in [-0.25, -0.2) is 10.2 Å². The van der Waals surface area contributed by atoms with Crippen molar-refractivity contribution in [2.24, 2.45) is 5.10 Å². The summed E-state index contributed by atoms with van der Waals surface area (Å²) in [4.78, 5) is 11.6. The van der Waals surface area contributed by atoms with Gasteiger partial charge in [0.1, 0.15) is 5.76 Å². The van der Waals surface area contributed by atoms with Gasteiger partial charge in [-0.2, -0.15) is 5.10 Å². The lowest BCUT2D eigenvalue weighted by atomic mass is 10.2. The van der Waals surface area contributed by atoms with Crippen molar-refractivity contribution in [2.75, 3.05) is 5.32 Å². The van der Waals surface area contributed by atoms with E-state index in [1.54, 1.807) is 30.3 Å². The molecule has 6 heteroatoms. The first-order chi connectivity index (χ1) is 9.16. The molecule has 0 atom stereocenters. The summed E-state index contributed by atoms with van der Waals surface area (Å²) in [5.41, 5.74) is 3.77. The van der Waals surface area contributed by atoms with E-state index in [9.17, 15) is 4.79 Å². The average molecular weight is 278 g/mol. The van der Waals surface area contributed by atoms with Crippen LogP contribution in [0, 0.1) is 6.92 Å². The van der Waals surface area contributed by atoms with Crippen molar-refractivity contribution < 1.29 is 9.21 Å². The molecule has 0 aliphatic carbocycles. The Morgan fingerprint density at radius 1 is 1.37 bits per heavy atom. The summed E-state index contributed by atoms with van der Waals surface area (Å²) in [6.07, 6.45) is 2.93. The van der Waals surface area contributed by atoms with Crippen molar-refractivity contribution in [1.29, 1.82) is 0 Å². The van der Waals surface area contributed by atoms with E-state index in [2.05, 4.69) is 15.8 Å². The van der Waals surface area contributed by atoms with Gasteiger partial charge in [-0.05, 0) is 36.8 Å². The highest BCUT2D eigenvalue weighted by atomic mass is 35.5. The second-order valence-corrected chi connectivity index (χ2v) is 4.16. The molecule has 0 radical (unpaired) electrons. The van der Waals surface area contributed by atoms with E-state index in [-0.39, 0.29) is 0 Å². The molecule has 1 aromatic heterocycles. The lowest BCUT2D eigenvalue weighted by Crippen LogP contribution is -2.24. The van der Waals surface area contributed by atoms with E-state index < -0.39 is 6.03 Å². The van der Waals surface area contributed by atoms with Crippen molar-refractivity contribution >= 4 is 29.5 Å². The summed E-state index contributed by atoms with van der Waals surface area (Å²) >= 11 is 5.96. The fraction of sp³-hybridized carbons (Fsp3) is 0.0769. The fourth-order valence-electron chi connectivity index (χ4n) is 1.41. The Labute approximate surface area is 115 Å². The van der Waals surface area contributed by atoms with E-state index >= 15 is 0 Å². The van der Waals surface area contributed by atoms with Gasteiger partial charge in [0.15, 0.2) is 0 Å². The van der Waals surface area contributed by atoms with E-state index in [0.717, 1.165) is 5.56 Å². The van der Waals surface area contributed by atoms with Gasteiger partial charge in [0.2, 0.25) is 0 Å². The predicted octanol–water partition coefficient (Wildman–Crippen LogP) is 3.40. The molecule has 2 rings (SSSR count). The minimum Gasteiger partial charge on any atom is -0.463 e. The molecule has 2 aromatic rings. The number of urea groups is 1. The first kappa shape index (κ1) is 13.2. The van der Waals surface area contributed by atoms with Gasteiger partial charge in [0, 0.05) is 10.7 Å². The van der Waals surface area contributed by atoms with Crippen LogP contribution in [0.4, 0.5) is 10.5 Å². The number of furan rings is 1. The quantitative estimate of drug-likeness (QED) is 0.667. The highest BCUT2D eigenvalue weighted by Gasteiger charge is 2.05. The van der Waals surface area contributed by atoms with Crippen LogP contribution in [0.5, 0.6) is 0 Å². The zero-order chi connectivity index (χ0) is 13.7. The molecule has 0 aliphatic heterocycles. The van der Waals surface area contributed by atoms with Crippen LogP contribution in [-0.4, -0.2) is 12.2 Å². The number of benzene rings is 1. The van der Waals surface area contributed by atoms with Crippen LogP contribution in [0.1, 0.15) is 11.3 Å². The number of nitrogens with zero attached hydrogens (tertiary/aromatic N) is 1. The Hall–Kier alpha value is -2.27. The van der Waals surface area contributed by atoms with Gasteiger partial charge in [-0.1, -0.05) is 17.7 Å². The topological polar surface area (TPSA) is 66.6 Å². The van der Waals surface area contributed by atoms with Crippen LogP contribution in [0.3, 0.4) is 0 Å². The van der Waals surface area contributed by atoms with E-state index in [0.29, 0.717) is 16.5 Å². The maximum Gasteiger partial charge on any atom is 0.339 e. The molecule has 19 heavy (non-hydrogen) atoms. The molecular formula is C13H12ClN3O2. The van der Waals surface area contributed by atoms with Gasteiger partial charge in [-0.3, -0.25) is 0 Å². The molecule has 2 N–H and O–H groups in total. The Morgan fingerprint density at radius 3 is 2.95 bits per heavy atom. The molecule has 0 saturated heterocycles. The standard InChI is InChI=1S/C13H12ClN3O2/c1-9-11(14)5-2-6-12(9)16-13(18)17-15-8-10-4-3-7-19-10/h2-8H,1H3,(H2,16,17,18)/b15-8+. The monoisotopic (exact) mass is 277 g/mol. The normalized spacial score (nSPS) is 10.6. The van der Waals surface area contributed by atoms with Crippen LogP contribution in [0.25, 0.3) is 0 Å². The van der Waals surface area contributed by atoms with Crippen molar-refractivity contribution in [3.8, 4) is 0 Å². The molecule has 0 fully saturated rings. The van der Waals surface area contributed by atoms with E-state index in [1.165, 1.54) is 12.5 Å². The smallest absolute Gasteiger partial charge is 0.339 e. The number of hydrazone groups is 1. The highest BCUT2D eigenvalue weighted by Crippen LogP contribution is 2.22. The van der Waals surface area contributed by atoms with Gasteiger partial charge in [0.05, 0.1) is 12.5 Å². The number of halogens is 1. The maximum atomic E-state index is 11.6. The molecular weight excluding hydrogens is 266 g/mol. The maximum absolute atomic E-state index is 11.6. The summed E-state index contributed by atoms with van der Waals surface area (Å²) in [7, 11) is 0. The van der Waals surface area contributed by atoms with Crippen LogP contribution < -0.4 is 10.7 Å². The van der Waals surface area contributed by atoms with Gasteiger partial charge in [-0.15, -0.1) is 0 Å². The Morgan fingerprint density at radius 2 is 2.21 bits per heavy atom. The van der Waals surface area contributed by atoms with Crippen LogP contribution in [0.2, 0.25) is 5.02 Å². The number of hydrogen-bond acceptors (Lipinski definition) is 3. The van der Waals surface area contributed by atoms with Gasteiger partial charge in [0.25, 0.3) is 0 Å². The summed E-state index contributed by atoms with van der Waals surface area (Å²) in [5.74, 6) is 0.555. The third kappa shape index (κ3) is 3.59. The van der Waals surface area contributed by atoms with Crippen LogP contribution in [0.15, 0.2) is 46.1 Å². The molecule has 0 saturated carbocycles. The number of anilines is 1. The van der Waals surface area contributed by atoms with Crippen molar-refractivity contribution in [3.05, 3.63) is 52.9 Å². The second kappa shape index (κ2) is 6.06. The Bertz CT molecular complexity index is 594. The number of amides is 2. The molecule has 1 aromatic carbocycles. The molecule has 0 bridgehead atoms. The summed E-state index contributed by atoms with van der Waals surface area (Å²) in [5, 5.41) is 6.99.